The molecule has 4 N–H and O–H groups in total. The van der Waals surface area contributed by atoms with E-state index in [1.165, 1.54) is 24.3 Å². The van der Waals surface area contributed by atoms with Crippen LogP contribution < -0.4 is 10.2 Å². The van der Waals surface area contributed by atoms with E-state index in [2.05, 4.69) is 26.7 Å². The number of hydrogen-bond acceptors (Lipinski definition) is 12. The minimum atomic E-state index is -4.71. The van der Waals surface area contributed by atoms with Gasteiger partial charge in [0.15, 0.2) is 5.82 Å². The maximum atomic E-state index is 13.5. The molecule has 4 aromatic rings. The van der Waals surface area contributed by atoms with Gasteiger partial charge in [0, 0.05) is 29.8 Å². The summed E-state index contributed by atoms with van der Waals surface area (Å²) in [5.74, 6) is -1.52. The number of nitrogens with zero attached hydrogens (tertiary/aromatic N) is 6. The summed E-state index contributed by atoms with van der Waals surface area (Å²) in [4.78, 5) is 14.1. The smallest absolute Gasteiger partial charge is 0.294 e. The lowest BCUT2D eigenvalue weighted by Gasteiger charge is -2.24. The van der Waals surface area contributed by atoms with Crippen LogP contribution in [0.3, 0.4) is 0 Å². The Morgan fingerprint density at radius 1 is 0.944 bits per heavy atom. The number of rotatable bonds is 13. The zero-order chi connectivity index (χ0) is 40.4. The van der Waals surface area contributed by atoms with Gasteiger partial charge in [-0.15, -0.1) is 10.2 Å². The van der Waals surface area contributed by atoms with Gasteiger partial charge in [-0.05, 0) is 61.9 Å². The molecule has 0 spiro atoms. The molecule has 3 aromatic carbocycles. The summed E-state index contributed by atoms with van der Waals surface area (Å²) in [5, 5.41) is 25.5. The third kappa shape index (κ3) is 10.2. The molecule has 0 fully saturated rings. The van der Waals surface area contributed by atoms with E-state index in [9.17, 15) is 49.0 Å². The second-order valence-corrected chi connectivity index (χ2v) is 17.8. The summed E-state index contributed by atoms with van der Waals surface area (Å²) in [6, 6.07) is 13.0. The number of carbonyl (C=O) groups is 1. The Labute approximate surface area is 321 Å². The first-order valence-corrected chi connectivity index (χ1v) is 20.8. The van der Waals surface area contributed by atoms with Crippen molar-refractivity contribution in [2.45, 2.75) is 49.3 Å². The number of nitrogens with one attached hydrogen (secondary N) is 1. The zero-order valence-electron chi connectivity index (χ0n) is 28.9. The summed E-state index contributed by atoms with van der Waals surface area (Å²) < 4.78 is 99.1. The third-order valence-corrected chi connectivity index (χ3v) is 10.7. The van der Waals surface area contributed by atoms with Crippen LogP contribution in [0.2, 0.25) is 10.0 Å². The number of halogens is 2. The Kier molecular flexibility index (Phi) is 12.6. The summed E-state index contributed by atoms with van der Waals surface area (Å²) in [6.45, 7) is 7.64. The van der Waals surface area contributed by atoms with E-state index >= 15 is 0 Å². The fraction of sp³-hybridized carbons (Fsp3) is 0.281. The number of carbonyl (C=O) groups excluding carboxylic acids is 1. The molecule has 0 bridgehead atoms. The second-order valence-electron chi connectivity index (χ2n) is 12.6. The van der Waals surface area contributed by atoms with Crippen molar-refractivity contribution >= 4 is 82.3 Å². The Hall–Kier alpha value is -4.46. The quantitative estimate of drug-likeness (QED) is 0.0816. The molecule has 0 saturated carbocycles. The molecule has 0 radical (unpaired) electrons. The van der Waals surface area contributed by atoms with Crippen LogP contribution in [0.5, 0.6) is 0 Å². The fourth-order valence-corrected chi connectivity index (χ4v) is 7.42. The number of benzene rings is 3. The first-order valence-electron chi connectivity index (χ1n) is 15.6. The predicted octanol–water partition coefficient (Wildman–Crippen LogP) is 6.61. The average Bonchev–Trinajstić information content (AvgIpc) is 3.43. The predicted molar refractivity (Wildman–Crippen MR) is 201 cm³/mol. The minimum Gasteiger partial charge on any atom is -0.372 e. The number of nitriles is 1. The van der Waals surface area contributed by atoms with Gasteiger partial charge in [0.05, 0.1) is 37.0 Å². The van der Waals surface area contributed by atoms with Crippen LogP contribution in [-0.4, -0.2) is 73.4 Å². The zero-order valence-corrected chi connectivity index (χ0v) is 32.8. The van der Waals surface area contributed by atoms with Crippen LogP contribution in [0, 0.1) is 11.3 Å². The van der Waals surface area contributed by atoms with Crippen LogP contribution in [0.15, 0.2) is 74.6 Å². The van der Waals surface area contributed by atoms with Crippen LogP contribution in [0.1, 0.15) is 55.7 Å². The minimum absolute atomic E-state index is 0.000104. The summed E-state index contributed by atoms with van der Waals surface area (Å²) in [6.07, 6.45) is 0.0611. The summed E-state index contributed by atoms with van der Waals surface area (Å²) >= 11 is 12.9. The van der Waals surface area contributed by atoms with Gasteiger partial charge >= 0.3 is 0 Å². The van der Waals surface area contributed by atoms with Crippen LogP contribution in [-0.2, 0) is 35.8 Å². The monoisotopic (exact) mass is 841 g/mol. The van der Waals surface area contributed by atoms with Gasteiger partial charge in [-0.2, -0.15) is 35.6 Å². The molecule has 0 aliphatic carbocycles. The van der Waals surface area contributed by atoms with Crippen molar-refractivity contribution in [2.75, 3.05) is 29.1 Å². The molecule has 22 heteroatoms. The van der Waals surface area contributed by atoms with Crippen LogP contribution >= 0.6 is 23.2 Å². The van der Waals surface area contributed by atoms with Crippen molar-refractivity contribution in [1.29, 1.82) is 5.26 Å². The van der Waals surface area contributed by atoms with E-state index in [1.807, 2.05) is 0 Å². The molecule has 1 aromatic heterocycles. The Bertz CT molecular complexity index is 2510. The lowest BCUT2D eigenvalue weighted by molar-refractivity contribution is 0.102. The summed E-state index contributed by atoms with van der Waals surface area (Å²) in [5.41, 5.74) is -0.350. The molecule has 0 atom stereocenters. The third-order valence-electron chi connectivity index (χ3n) is 7.64. The lowest BCUT2D eigenvalue weighted by Crippen LogP contribution is -2.25. The molecule has 0 saturated heterocycles. The molecular formula is C32H33Cl2N7O10S3. The molecule has 1 heterocycles. The first kappa shape index (κ1) is 42.3. The van der Waals surface area contributed by atoms with Crippen molar-refractivity contribution in [2.24, 2.45) is 10.2 Å². The van der Waals surface area contributed by atoms with Crippen molar-refractivity contribution in [3.63, 3.8) is 0 Å². The topological polar surface area (TPSA) is 262 Å². The maximum Gasteiger partial charge on any atom is 0.294 e. The van der Waals surface area contributed by atoms with Crippen molar-refractivity contribution in [3.8, 4) is 11.8 Å². The highest BCUT2D eigenvalue weighted by molar-refractivity contribution is 7.86. The van der Waals surface area contributed by atoms with Gasteiger partial charge in [0.1, 0.15) is 23.0 Å². The highest BCUT2D eigenvalue weighted by Gasteiger charge is 2.30. The van der Waals surface area contributed by atoms with Crippen molar-refractivity contribution in [3.05, 3.63) is 81.5 Å². The van der Waals surface area contributed by atoms with E-state index in [1.54, 1.807) is 38.7 Å². The van der Waals surface area contributed by atoms with Gasteiger partial charge in [0.25, 0.3) is 36.3 Å². The van der Waals surface area contributed by atoms with Gasteiger partial charge in [-0.25, -0.2) is 4.68 Å². The van der Waals surface area contributed by atoms with Gasteiger partial charge in [-0.3, -0.25) is 18.5 Å². The highest BCUT2D eigenvalue weighted by Crippen LogP contribution is 2.40. The Balaban J connectivity index is 1.91. The van der Waals surface area contributed by atoms with E-state index in [-0.39, 0.29) is 62.7 Å². The van der Waals surface area contributed by atoms with Gasteiger partial charge < -0.3 is 10.2 Å². The molecule has 4 rings (SSSR count). The normalized spacial score (nSPS) is 12.5. The molecule has 0 aliphatic heterocycles. The van der Waals surface area contributed by atoms with E-state index in [0.29, 0.717) is 12.2 Å². The molecule has 1 amide bonds. The highest BCUT2D eigenvalue weighted by atomic mass is 35.5. The maximum absolute atomic E-state index is 13.5. The second kappa shape index (κ2) is 16.1. The number of azo groups is 1. The first-order chi connectivity index (χ1) is 24.9. The number of hydrogen-bond donors (Lipinski definition) is 4. The van der Waals surface area contributed by atoms with E-state index in [4.69, 9.17) is 23.2 Å². The van der Waals surface area contributed by atoms with Gasteiger partial charge in [-0.1, -0.05) is 50.0 Å². The average molecular weight is 843 g/mol. The number of anilines is 2. The molecule has 288 valence electrons. The summed E-state index contributed by atoms with van der Waals surface area (Å²) in [7, 11) is -13.6. The number of aromatic nitrogens is 2. The molecule has 54 heavy (non-hydrogen) atoms. The van der Waals surface area contributed by atoms with Gasteiger partial charge in [0.2, 0.25) is 0 Å². The molecule has 0 aliphatic rings. The molecule has 17 nitrogen and oxygen atoms in total. The fourth-order valence-electron chi connectivity index (χ4n) is 5.09. The lowest BCUT2D eigenvalue weighted by atomic mass is 9.90. The Morgan fingerprint density at radius 2 is 1.57 bits per heavy atom. The van der Waals surface area contributed by atoms with Crippen LogP contribution in [0.25, 0.3) is 5.69 Å². The van der Waals surface area contributed by atoms with E-state index < -0.39 is 57.2 Å². The van der Waals surface area contributed by atoms with Crippen LogP contribution in [0.4, 0.5) is 22.9 Å². The molecule has 0 unspecified atom stereocenters. The van der Waals surface area contributed by atoms with E-state index in [0.717, 1.165) is 28.9 Å². The number of amides is 1. The van der Waals surface area contributed by atoms with Crippen molar-refractivity contribution in [1.82, 2.24) is 9.78 Å². The Morgan fingerprint density at radius 3 is 2.11 bits per heavy atom. The standard InChI is InChI=1S/C32H33Cl2N7O10S3/c1-5-40(12-7-13-52(43,44)45)20-10-11-26(27(15-20)36-31(42)19-8-6-9-21(14-19)53(46,47)48)37-38-30-23(18-35)29(32(2,3)4)39-41(30)28-24(33)16-22(17-25(28)34)54(49,50)51/h6,8-11,14-17H,5,7,12-13H2,1-4H3,(H,36,42)(H,43,44,45)(H,46,47,48)(H,49,50,51). The largest absolute Gasteiger partial charge is 0.372 e. The SMILES string of the molecule is CCN(CCCS(=O)(=O)O)c1ccc(N=Nc2c(C#N)c(C(C)(C)C)nn2-c2c(Cl)cc(S(=O)(=O)O)cc2Cl)c(NC(=O)c2cccc(S(=O)(=O)O)c2)c1. The van der Waals surface area contributed by atoms with Crippen molar-refractivity contribution < 1.29 is 43.7 Å². The molecular weight excluding hydrogens is 809 g/mol.